The van der Waals surface area contributed by atoms with Gasteiger partial charge in [-0.25, -0.2) is 13.1 Å². The quantitative estimate of drug-likeness (QED) is 0.815. The minimum Gasteiger partial charge on any atom is -0.458 e. The number of carbonyl (C=O) groups excluding carboxylic acids is 1. The Morgan fingerprint density at radius 2 is 1.95 bits per heavy atom. The molecule has 2 fully saturated rings. The number of sulfonamides is 1. The summed E-state index contributed by atoms with van der Waals surface area (Å²) in [4.78, 5) is 11.4. The van der Waals surface area contributed by atoms with Crippen molar-refractivity contribution in [3.63, 3.8) is 0 Å². The van der Waals surface area contributed by atoms with Gasteiger partial charge in [-0.05, 0) is 19.1 Å². The molecule has 1 aromatic rings. The lowest BCUT2D eigenvalue weighted by molar-refractivity contribution is -0.141. The highest BCUT2D eigenvalue weighted by molar-refractivity contribution is 7.89. The van der Waals surface area contributed by atoms with Crippen LogP contribution >= 0.6 is 0 Å². The summed E-state index contributed by atoms with van der Waals surface area (Å²) in [6.07, 6.45) is -0.677. The number of benzene rings is 1. The standard InChI is InChI=1S/C13H15NO5S/c1-8-2-4-9(5-3-8)20(16,17)14-10-7-18-11-6-12(15)19-13(10)11/h2-5,10-11,13-14H,6-7H2,1H3/t10-,11-,13-/m1/s1. The molecule has 108 valence electrons. The van der Waals surface area contributed by atoms with Gasteiger partial charge in [0.05, 0.1) is 24.0 Å². The van der Waals surface area contributed by atoms with Crippen molar-refractivity contribution in [3.05, 3.63) is 29.8 Å². The van der Waals surface area contributed by atoms with Gasteiger partial charge >= 0.3 is 5.97 Å². The van der Waals surface area contributed by atoms with Crippen LogP contribution in [0.25, 0.3) is 0 Å². The molecule has 20 heavy (non-hydrogen) atoms. The van der Waals surface area contributed by atoms with E-state index in [2.05, 4.69) is 4.72 Å². The van der Waals surface area contributed by atoms with Crippen LogP contribution in [-0.2, 0) is 24.3 Å². The van der Waals surface area contributed by atoms with Gasteiger partial charge in [0, 0.05) is 0 Å². The fraction of sp³-hybridized carbons (Fsp3) is 0.462. The topological polar surface area (TPSA) is 81.7 Å². The second-order valence-corrected chi connectivity index (χ2v) is 6.79. The number of hydrogen-bond acceptors (Lipinski definition) is 5. The molecule has 0 amide bonds. The van der Waals surface area contributed by atoms with Gasteiger partial charge in [-0.3, -0.25) is 4.79 Å². The summed E-state index contributed by atoms with van der Waals surface area (Å²) >= 11 is 0. The van der Waals surface area contributed by atoms with E-state index in [-0.39, 0.29) is 30.0 Å². The first-order valence-corrected chi connectivity index (χ1v) is 7.84. The summed E-state index contributed by atoms with van der Waals surface area (Å²) in [5, 5.41) is 0. The van der Waals surface area contributed by atoms with Crippen molar-refractivity contribution in [1.29, 1.82) is 0 Å². The summed E-state index contributed by atoms with van der Waals surface area (Å²) in [5.41, 5.74) is 0.984. The molecule has 2 aliphatic rings. The molecule has 0 bridgehead atoms. The molecular weight excluding hydrogens is 282 g/mol. The van der Waals surface area contributed by atoms with Crippen LogP contribution in [-0.4, -0.2) is 39.2 Å². The monoisotopic (exact) mass is 297 g/mol. The van der Waals surface area contributed by atoms with Gasteiger partial charge in [0.2, 0.25) is 10.0 Å². The number of aryl methyl sites for hydroxylation is 1. The fourth-order valence-corrected chi connectivity index (χ4v) is 3.69. The van der Waals surface area contributed by atoms with Crippen LogP contribution < -0.4 is 4.72 Å². The Kier molecular flexibility index (Phi) is 3.27. The minimum atomic E-state index is -3.64. The van der Waals surface area contributed by atoms with Crippen LogP contribution in [0, 0.1) is 6.92 Å². The normalized spacial score (nSPS) is 29.2. The van der Waals surface area contributed by atoms with Crippen molar-refractivity contribution in [1.82, 2.24) is 4.72 Å². The molecule has 7 heteroatoms. The van der Waals surface area contributed by atoms with E-state index in [4.69, 9.17) is 9.47 Å². The zero-order valence-electron chi connectivity index (χ0n) is 10.9. The van der Waals surface area contributed by atoms with Gasteiger partial charge < -0.3 is 9.47 Å². The average molecular weight is 297 g/mol. The highest BCUT2D eigenvalue weighted by Crippen LogP contribution is 2.28. The number of fused-ring (bicyclic) bond motifs is 1. The summed E-state index contributed by atoms with van der Waals surface area (Å²) in [7, 11) is -3.64. The maximum Gasteiger partial charge on any atom is 0.309 e. The van der Waals surface area contributed by atoms with Crippen molar-refractivity contribution in [3.8, 4) is 0 Å². The first-order chi connectivity index (χ1) is 9.45. The maximum absolute atomic E-state index is 12.3. The first-order valence-electron chi connectivity index (χ1n) is 6.36. The van der Waals surface area contributed by atoms with E-state index in [0.29, 0.717) is 0 Å². The van der Waals surface area contributed by atoms with E-state index >= 15 is 0 Å². The van der Waals surface area contributed by atoms with Crippen molar-refractivity contribution in [2.24, 2.45) is 0 Å². The molecule has 6 nitrogen and oxygen atoms in total. The Bertz CT molecular complexity index is 625. The van der Waals surface area contributed by atoms with E-state index in [1.807, 2.05) is 6.92 Å². The zero-order valence-corrected chi connectivity index (χ0v) is 11.7. The highest BCUT2D eigenvalue weighted by Gasteiger charge is 2.47. The second kappa shape index (κ2) is 4.83. The summed E-state index contributed by atoms with van der Waals surface area (Å²) < 4.78 is 37.6. The van der Waals surface area contributed by atoms with Crippen molar-refractivity contribution >= 4 is 16.0 Å². The van der Waals surface area contributed by atoms with Gasteiger partial charge in [-0.1, -0.05) is 17.7 Å². The molecule has 2 heterocycles. The Morgan fingerprint density at radius 1 is 1.25 bits per heavy atom. The molecule has 3 atom stereocenters. The number of esters is 1. The minimum absolute atomic E-state index is 0.188. The maximum atomic E-state index is 12.3. The molecule has 3 rings (SSSR count). The fourth-order valence-electron chi connectivity index (χ4n) is 2.46. The first kappa shape index (κ1) is 13.5. The SMILES string of the molecule is Cc1ccc(S(=O)(=O)N[C@@H]2CO[C@@H]3CC(=O)O[C@H]23)cc1. The number of nitrogens with one attached hydrogen (secondary N) is 1. The molecule has 0 unspecified atom stereocenters. The third kappa shape index (κ3) is 2.44. The van der Waals surface area contributed by atoms with Gasteiger partial charge in [-0.2, -0.15) is 0 Å². The van der Waals surface area contributed by atoms with Crippen molar-refractivity contribution in [2.75, 3.05) is 6.61 Å². The van der Waals surface area contributed by atoms with Crippen LogP contribution in [0.15, 0.2) is 29.2 Å². The molecule has 2 saturated heterocycles. The Labute approximate surface area is 117 Å². The van der Waals surface area contributed by atoms with Gasteiger partial charge in [0.25, 0.3) is 0 Å². The number of carbonyl (C=O) groups is 1. The van der Waals surface area contributed by atoms with Crippen molar-refractivity contribution < 1.29 is 22.7 Å². The lowest BCUT2D eigenvalue weighted by atomic mass is 10.1. The molecule has 0 saturated carbocycles. The van der Waals surface area contributed by atoms with Gasteiger partial charge in [0.15, 0.2) is 0 Å². The summed E-state index contributed by atoms with van der Waals surface area (Å²) in [6.45, 7) is 2.10. The molecule has 0 spiro atoms. The van der Waals surface area contributed by atoms with Gasteiger partial charge in [-0.15, -0.1) is 0 Å². The molecule has 0 radical (unpaired) electrons. The molecule has 2 aliphatic heterocycles. The number of hydrogen-bond donors (Lipinski definition) is 1. The molecule has 1 aromatic carbocycles. The van der Waals surface area contributed by atoms with Gasteiger partial charge in [0.1, 0.15) is 12.2 Å². The van der Waals surface area contributed by atoms with Crippen LogP contribution in [0.3, 0.4) is 0 Å². The van der Waals surface area contributed by atoms with Crippen LogP contribution in [0.5, 0.6) is 0 Å². The predicted octanol–water partition coefficient (Wildman–Crippen LogP) is 0.356. The largest absolute Gasteiger partial charge is 0.458 e. The lowest BCUT2D eigenvalue weighted by Crippen LogP contribution is -2.43. The predicted molar refractivity (Wildman–Crippen MR) is 69.5 cm³/mol. The zero-order chi connectivity index (χ0) is 14.3. The van der Waals surface area contributed by atoms with E-state index in [1.54, 1.807) is 24.3 Å². The van der Waals surface area contributed by atoms with Crippen molar-refractivity contribution in [2.45, 2.75) is 36.5 Å². The molecular formula is C13H15NO5S. The third-order valence-electron chi connectivity index (χ3n) is 3.53. The number of ether oxygens (including phenoxy) is 2. The Morgan fingerprint density at radius 3 is 2.65 bits per heavy atom. The second-order valence-electron chi connectivity index (χ2n) is 5.07. The van der Waals surface area contributed by atoms with Crippen LogP contribution in [0.2, 0.25) is 0 Å². The summed E-state index contributed by atoms with van der Waals surface area (Å²) in [5.74, 6) is -0.348. The average Bonchev–Trinajstić information content (AvgIpc) is 2.91. The molecule has 1 N–H and O–H groups in total. The summed E-state index contributed by atoms with van der Waals surface area (Å²) in [6, 6.07) is 6.03. The number of rotatable bonds is 3. The Hall–Kier alpha value is -1.44. The van der Waals surface area contributed by atoms with E-state index in [1.165, 1.54) is 0 Å². The smallest absolute Gasteiger partial charge is 0.309 e. The van der Waals surface area contributed by atoms with Crippen LogP contribution in [0.1, 0.15) is 12.0 Å². The molecule has 0 aromatic heterocycles. The van der Waals surface area contributed by atoms with Crippen LogP contribution in [0.4, 0.5) is 0 Å². The van der Waals surface area contributed by atoms with E-state index < -0.39 is 22.2 Å². The Balaban J connectivity index is 1.77. The lowest BCUT2D eigenvalue weighted by Gasteiger charge is -2.17. The third-order valence-corrected chi connectivity index (χ3v) is 5.03. The van der Waals surface area contributed by atoms with E-state index in [0.717, 1.165) is 5.56 Å². The highest BCUT2D eigenvalue weighted by atomic mass is 32.2. The molecule has 0 aliphatic carbocycles. The van der Waals surface area contributed by atoms with E-state index in [9.17, 15) is 13.2 Å².